The minimum absolute atomic E-state index is 0.245. The second kappa shape index (κ2) is 4.21. The van der Waals surface area contributed by atoms with Crippen LogP contribution >= 0.6 is 12.6 Å². The number of esters is 1. The number of aromatic nitrogens is 1. The number of carbonyl (C=O) groups excluding carboxylic acids is 1. The van der Waals surface area contributed by atoms with Crippen LogP contribution in [0, 0.1) is 0 Å². The predicted octanol–water partition coefficient (Wildman–Crippen LogP) is 0.552. The fourth-order valence-electron chi connectivity index (χ4n) is 1.50. The third-order valence-electron chi connectivity index (χ3n) is 2.22. The van der Waals surface area contributed by atoms with E-state index in [-0.39, 0.29) is 5.22 Å². The smallest absolute Gasteiger partial charge is 0.340 e. The van der Waals surface area contributed by atoms with E-state index in [0.29, 0.717) is 23.3 Å². The fraction of sp³-hybridized carbons (Fsp3) is 0.200. The quantitative estimate of drug-likeness (QED) is 0.469. The molecular weight excluding hydrogens is 225 g/mol. The van der Waals surface area contributed by atoms with Crippen LogP contribution < -0.4 is 5.46 Å². The van der Waals surface area contributed by atoms with Crippen molar-refractivity contribution >= 4 is 43.0 Å². The maximum atomic E-state index is 11.7. The number of oxazole rings is 1. The van der Waals surface area contributed by atoms with Crippen molar-refractivity contribution in [1.29, 1.82) is 0 Å². The molecule has 0 radical (unpaired) electrons. The maximum absolute atomic E-state index is 11.7. The van der Waals surface area contributed by atoms with E-state index in [9.17, 15) is 4.79 Å². The van der Waals surface area contributed by atoms with E-state index in [1.807, 2.05) is 7.85 Å². The highest BCUT2D eigenvalue weighted by atomic mass is 32.1. The van der Waals surface area contributed by atoms with Crippen molar-refractivity contribution in [1.82, 2.24) is 4.98 Å². The molecule has 0 fully saturated rings. The van der Waals surface area contributed by atoms with E-state index < -0.39 is 5.97 Å². The molecule has 0 N–H and O–H groups in total. The van der Waals surface area contributed by atoms with Crippen molar-refractivity contribution in [2.75, 3.05) is 6.61 Å². The van der Waals surface area contributed by atoms with E-state index in [4.69, 9.17) is 9.15 Å². The fourth-order valence-corrected chi connectivity index (χ4v) is 1.69. The second-order valence-corrected chi connectivity index (χ2v) is 3.71. The van der Waals surface area contributed by atoms with Crippen LogP contribution in [-0.4, -0.2) is 25.4 Å². The lowest BCUT2D eigenvalue weighted by Crippen LogP contribution is -2.09. The number of carbonyl (C=O) groups is 1. The van der Waals surface area contributed by atoms with E-state index in [2.05, 4.69) is 17.6 Å². The van der Waals surface area contributed by atoms with Crippen LogP contribution in [0.3, 0.4) is 0 Å². The average molecular weight is 235 g/mol. The van der Waals surface area contributed by atoms with Gasteiger partial charge in [0.25, 0.3) is 5.22 Å². The molecule has 82 valence electrons. The van der Waals surface area contributed by atoms with Gasteiger partial charge in [0, 0.05) is 0 Å². The summed E-state index contributed by atoms with van der Waals surface area (Å²) >= 11 is 4.03. The van der Waals surface area contributed by atoms with Gasteiger partial charge in [0.2, 0.25) is 0 Å². The van der Waals surface area contributed by atoms with Gasteiger partial charge in [-0.05, 0) is 18.5 Å². The number of hydrogen-bond acceptors (Lipinski definition) is 5. The summed E-state index contributed by atoms with van der Waals surface area (Å²) in [5, 5.41) is 0.245. The zero-order chi connectivity index (χ0) is 11.7. The molecule has 0 amide bonds. The Balaban J connectivity index is 2.62. The molecular formula is C10H10BNO3S. The van der Waals surface area contributed by atoms with Gasteiger partial charge >= 0.3 is 5.97 Å². The molecule has 0 saturated carbocycles. The van der Waals surface area contributed by atoms with Crippen molar-refractivity contribution in [2.45, 2.75) is 12.1 Å². The molecule has 0 atom stereocenters. The number of hydrogen-bond donors (Lipinski definition) is 1. The lowest BCUT2D eigenvalue weighted by Gasteiger charge is -2.02. The molecule has 4 nitrogen and oxygen atoms in total. The van der Waals surface area contributed by atoms with E-state index in [1.54, 1.807) is 19.1 Å². The molecule has 0 bridgehead atoms. The Morgan fingerprint density at radius 2 is 2.38 bits per heavy atom. The number of ether oxygens (including phenoxy) is 1. The first-order chi connectivity index (χ1) is 7.63. The zero-order valence-electron chi connectivity index (χ0n) is 8.98. The maximum Gasteiger partial charge on any atom is 0.340 e. The lowest BCUT2D eigenvalue weighted by molar-refractivity contribution is 0.0528. The van der Waals surface area contributed by atoms with Gasteiger partial charge in [-0.3, -0.25) is 0 Å². The molecule has 0 saturated heterocycles. The summed E-state index contributed by atoms with van der Waals surface area (Å²) in [6, 6.07) is 3.48. The molecule has 6 heteroatoms. The SMILES string of the molecule is Bc1ccc(C(=O)OCC)c2nc(S)oc12. The highest BCUT2D eigenvalue weighted by Gasteiger charge is 2.16. The molecule has 0 spiro atoms. The topological polar surface area (TPSA) is 52.3 Å². The van der Waals surface area contributed by atoms with Gasteiger partial charge in [0.15, 0.2) is 0 Å². The monoisotopic (exact) mass is 235 g/mol. The van der Waals surface area contributed by atoms with Crippen LogP contribution in [-0.2, 0) is 4.74 Å². The largest absolute Gasteiger partial charge is 0.462 e. The average Bonchev–Trinajstić information content (AvgIpc) is 2.61. The standard InChI is InChI=1S/C10H10BNO3S/c1-2-14-9(13)5-3-4-6(11)8-7(5)12-10(16)15-8/h3-4H,2,11H2,1H3,(H,12,16). The summed E-state index contributed by atoms with van der Waals surface area (Å²) < 4.78 is 10.3. The third kappa shape index (κ3) is 1.80. The van der Waals surface area contributed by atoms with Crippen molar-refractivity contribution in [2.24, 2.45) is 0 Å². The van der Waals surface area contributed by atoms with E-state index in [0.717, 1.165) is 5.46 Å². The van der Waals surface area contributed by atoms with Gasteiger partial charge < -0.3 is 9.15 Å². The molecule has 1 aromatic heterocycles. The highest BCUT2D eigenvalue weighted by molar-refractivity contribution is 7.80. The van der Waals surface area contributed by atoms with Crippen molar-refractivity contribution in [3.63, 3.8) is 0 Å². The predicted molar refractivity (Wildman–Crippen MR) is 65.4 cm³/mol. The van der Waals surface area contributed by atoms with Crippen LogP contribution in [0.2, 0.25) is 0 Å². The number of nitrogens with zero attached hydrogens (tertiary/aromatic N) is 1. The Labute approximate surface area is 98.8 Å². The molecule has 1 heterocycles. The minimum Gasteiger partial charge on any atom is -0.462 e. The zero-order valence-corrected chi connectivity index (χ0v) is 9.88. The normalized spacial score (nSPS) is 10.6. The number of rotatable bonds is 2. The number of benzene rings is 1. The van der Waals surface area contributed by atoms with Crippen molar-refractivity contribution in [3.8, 4) is 0 Å². The molecule has 2 aromatic rings. The van der Waals surface area contributed by atoms with Gasteiger partial charge in [-0.25, -0.2) is 9.78 Å². The van der Waals surface area contributed by atoms with Crippen LogP contribution in [0.4, 0.5) is 0 Å². The van der Waals surface area contributed by atoms with E-state index >= 15 is 0 Å². The number of thiol groups is 1. The number of fused-ring (bicyclic) bond motifs is 1. The first kappa shape index (κ1) is 11.1. The Bertz CT molecular complexity index is 552. The van der Waals surface area contributed by atoms with Crippen LogP contribution in [0.5, 0.6) is 0 Å². The summed E-state index contributed by atoms with van der Waals surface area (Å²) in [6.07, 6.45) is 0. The third-order valence-corrected chi connectivity index (χ3v) is 2.42. The molecule has 0 unspecified atom stereocenters. The van der Waals surface area contributed by atoms with Crippen LogP contribution in [0.1, 0.15) is 17.3 Å². The van der Waals surface area contributed by atoms with Crippen LogP contribution in [0.25, 0.3) is 11.1 Å². The summed E-state index contributed by atoms with van der Waals surface area (Å²) in [4.78, 5) is 15.7. The second-order valence-electron chi connectivity index (χ2n) is 3.32. The Kier molecular flexibility index (Phi) is 2.91. The summed E-state index contributed by atoms with van der Waals surface area (Å²) in [7, 11) is 1.88. The summed E-state index contributed by atoms with van der Waals surface area (Å²) in [5.41, 5.74) is 2.40. The minimum atomic E-state index is -0.394. The summed E-state index contributed by atoms with van der Waals surface area (Å²) in [6.45, 7) is 2.09. The molecule has 0 aliphatic carbocycles. The molecule has 16 heavy (non-hydrogen) atoms. The van der Waals surface area contributed by atoms with E-state index in [1.165, 1.54) is 0 Å². The molecule has 0 aliphatic rings. The van der Waals surface area contributed by atoms with Crippen LogP contribution in [0.15, 0.2) is 21.8 Å². The molecule has 0 aliphatic heterocycles. The Morgan fingerprint density at radius 3 is 3.06 bits per heavy atom. The van der Waals surface area contributed by atoms with Gasteiger partial charge in [-0.15, -0.1) is 0 Å². The van der Waals surface area contributed by atoms with Gasteiger partial charge in [-0.1, -0.05) is 18.7 Å². The van der Waals surface area contributed by atoms with Gasteiger partial charge in [0.05, 0.1) is 12.2 Å². The first-order valence-electron chi connectivity index (χ1n) is 4.89. The Hall–Kier alpha value is -1.43. The van der Waals surface area contributed by atoms with Gasteiger partial charge in [0.1, 0.15) is 18.9 Å². The van der Waals surface area contributed by atoms with Gasteiger partial charge in [-0.2, -0.15) is 0 Å². The molecule has 1 aromatic carbocycles. The first-order valence-corrected chi connectivity index (χ1v) is 5.34. The van der Waals surface area contributed by atoms with Crippen molar-refractivity contribution < 1.29 is 13.9 Å². The highest BCUT2D eigenvalue weighted by Crippen LogP contribution is 2.20. The Morgan fingerprint density at radius 1 is 1.62 bits per heavy atom. The molecule has 2 rings (SSSR count). The van der Waals surface area contributed by atoms with Crippen molar-refractivity contribution in [3.05, 3.63) is 17.7 Å². The lowest BCUT2D eigenvalue weighted by atomic mass is 9.94. The summed E-state index contributed by atoms with van der Waals surface area (Å²) in [5.74, 6) is -0.394.